The van der Waals surface area contributed by atoms with E-state index in [1.54, 1.807) is 6.07 Å². The number of rotatable bonds is 2. The number of halogens is 2. The third kappa shape index (κ3) is 2.11. The van der Waals surface area contributed by atoms with Crippen molar-refractivity contribution >= 4 is 34.6 Å². The molecule has 1 aromatic carbocycles. The van der Waals surface area contributed by atoms with Gasteiger partial charge in [-0.3, -0.25) is 0 Å². The largest absolute Gasteiger partial charge is 0.477 e. The van der Waals surface area contributed by atoms with E-state index < -0.39 is 11.8 Å². The molecular weight excluding hydrogens is 265 g/mol. The fraction of sp³-hybridized carbons (Fsp3) is 0. The smallest absolute Gasteiger partial charge is 0.348 e. The van der Waals surface area contributed by atoms with Crippen molar-refractivity contribution in [2.75, 3.05) is 5.73 Å². The molecule has 2 rings (SSSR count). The number of nitrogens with two attached hydrogens (primary N) is 1. The van der Waals surface area contributed by atoms with E-state index in [1.165, 1.54) is 18.2 Å². The van der Waals surface area contributed by atoms with Gasteiger partial charge in [-0.05, 0) is 12.1 Å². The van der Waals surface area contributed by atoms with Crippen LogP contribution < -0.4 is 5.73 Å². The SMILES string of the molecule is Nc1cc(-c2cccc(F)c2Cl)sc1C(=O)O. The van der Waals surface area contributed by atoms with E-state index in [4.69, 9.17) is 22.4 Å². The highest BCUT2D eigenvalue weighted by Crippen LogP contribution is 2.37. The van der Waals surface area contributed by atoms with Crippen LogP contribution in [0.2, 0.25) is 5.02 Å². The Morgan fingerprint density at radius 1 is 1.47 bits per heavy atom. The minimum atomic E-state index is -1.11. The van der Waals surface area contributed by atoms with E-state index in [-0.39, 0.29) is 15.6 Å². The minimum absolute atomic E-state index is 0.0281. The van der Waals surface area contributed by atoms with Gasteiger partial charge in [-0.15, -0.1) is 11.3 Å². The summed E-state index contributed by atoms with van der Waals surface area (Å²) in [5.41, 5.74) is 6.15. The summed E-state index contributed by atoms with van der Waals surface area (Å²) in [5.74, 6) is -1.65. The molecular formula is C11H7ClFNO2S. The van der Waals surface area contributed by atoms with Gasteiger partial charge in [-0.2, -0.15) is 0 Å². The lowest BCUT2D eigenvalue weighted by molar-refractivity contribution is 0.0703. The van der Waals surface area contributed by atoms with E-state index in [1.807, 2.05) is 0 Å². The zero-order valence-corrected chi connectivity index (χ0v) is 9.98. The standard InChI is InChI=1S/C11H7ClFNO2S/c12-9-5(2-1-3-6(9)13)8-4-7(14)10(17-8)11(15)16/h1-4H,14H2,(H,15,16). The summed E-state index contributed by atoms with van der Waals surface area (Å²) in [6.07, 6.45) is 0. The first kappa shape index (κ1) is 11.9. The lowest BCUT2D eigenvalue weighted by Crippen LogP contribution is -1.96. The summed E-state index contributed by atoms with van der Waals surface area (Å²) in [7, 11) is 0. The lowest BCUT2D eigenvalue weighted by Gasteiger charge is -2.01. The highest BCUT2D eigenvalue weighted by molar-refractivity contribution is 7.18. The Morgan fingerprint density at radius 2 is 2.18 bits per heavy atom. The van der Waals surface area contributed by atoms with Gasteiger partial charge >= 0.3 is 5.97 Å². The highest BCUT2D eigenvalue weighted by atomic mass is 35.5. The van der Waals surface area contributed by atoms with Crippen molar-refractivity contribution in [3.8, 4) is 10.4 Å². The van der Waals surface area contributed by atoms with Gasteiger partial charge < -0.3 is 10.8 Å². The number of hydrogen-bond donors (Lipinski definition) is 2. The first-order valence-corrected chi connectivity index (χ1v) is 5.77. The molecule has 0 amide bonds. The van der Waals surface area contributed by atoms with Crippen LogP contribution in [0.3, 0.4) is 0 Å². The van der Waals surface area contributed by atoms with Gasteiger partial charge in [0.1, 0.15) is 10.7 Å². The Hall–Kier alpha value is -1.59. The molecule has 0 aliphatic rings. The van der Waals surface area contributed by atoms with E-state index in [0.29, 0.717) is 10.4 Å². The Morgan fingerprint density at radius 3 is 2.76 bits per heavy atom. The molecule has 0 unspecified atom stereocenters. The number of carbonyl (C=O) groups is 1. The monoisotopic (exact) mass is 271 g/mol. The topological polar surface area (TPSA) is 63.3 Å². The van der Waals surface area contributed by atoms with Gasteiger partial charge in [0.15, 0.2) is 0 Å². The molecule has 1 heterocycles. The van der Waals surface area contributed by atoms with E-state index >= 15 is 0 Å². The number of benzene rings is 1. The zero-order valence-electron chi connectivity index (χ0n) is 8.41. The normalized spacial score (nSPS) is 10.5. The van der Waals surface area contributed by atoms with Crippen LogP contribution in [0, 0.1) is 5.82 Å². The molecule has 0 bridgehead atoms. The van der Waals surface area contributed by atoms with Crippen molar-refractivity contribution in [1.29, 1.82) is 0 Å². The number of nitrogen functional groups attached to an aromatic ring is 1. The summed E-state index contributed by atoms with van der Waals surface area (Å²) >= 11 is 6.78. The average Bonchev–Trinajstić information content (AvgIpc) is 2.64. The Bertz CT molecular complexity index is 597. The van der Waals surface area contributed by atoms with Crippen LogP contribution in [0.15, 0.2) is 24.3 Å². The molecule has 0 spiro atoms. The second kappa shape index (κ2) is 4.35. The molecule has 0 fully saturated rings. The summed E-state index contributed by atoms with van der Waals surface area (Å²) in [6.45, 7) is 0. The molecule has 6 heteroatoms. The van der Waals surface area contributed by atoms with Crippen LogP contribution in [-0.4, -0.2) is 11.1 Å². The number of carboxylic acid groups (broad SMARTS) is 1. The molecule has 88 valence electrons. The summed E-state index contributed by atoms with van der Waals surface area (Å²) in [6, 6.07) is 5.84. The molecule has 0 aliphatic heterocycles. The van der Waals surface area contributed by atoms with E-state index in [0.717, 1.165) is 11.3 Å². The van der Waals surface area contributed by atoms with Gasteiger partial charge in [-0.25, -0.2) is 9.18 Å². The van der Waals surface area contributed by atoms with Crippen LogP contribution in [0.1, 0.15) is 9.67 Å². The summed E-state index contributed by atoms with van der Waals surface area (Å²) in [5, 5.41) is 8.84. The molecule has 0 aliphatic carbocycles. The van der Waals surface area contributed by atoms with Crippen LogP contribution >= 0.6 is 22.9 Å². The molecule has 3 N–H and O–H groups in total. The molecule has 17 heavy (non-hydrogen) atoms. The van der Waals surface area contributed by atoms with Gasteiger partial charge in [0.05, 0.1) is 10.7 Å². The second-order valence-corrected chi connectivity index (χ2v) is 4.73. The van der Waals surface area contributed by atoms with E-state index in [9.17, 15) is 9.18 Å². The van der Waals surface area contributed by atoms with Crippen LogP contribution in [-0.2, 0) is 0 Å². The number of thiophene rings is 1. The van der Waals surface area contributed by atoms with Gasteiger partial charge in [-0.1, -0.05) is 23.7 Å². The first-order chi connectivity index (χ1) is 8.00. The maximum absolute atomic E-state index is 13.3. The zero-order chi connectivity index (χ0) is 12.6. The highest BCUT2D eigenvalue weighted by Gasteiger charge is 2.16. The van der Waals surface area contributed by atoms with Crippen molar-refractivity contribution in [3.05, 3.63) is 40.0 Å². The molecule has 1 aromatic heterocycles. The lowest BCUT2D eigenvalue weighted by atomic mass is 10.2. The molecule has 0 saturated heterocycles. The van der Waals surface area contributed by atoms with Crippen molar-refractivity contribution in [2.45, 2.75) is 0 Å². The fourth-order valence-electron chi connectivity index (χ4n) is 1.40. The van der Waals surface area contributed by atoms with Gasteiger partial charge in [0, 0.05) is 10.4 Å². The Labute approximate surface area is 105 Å². The number of aromatic carboxylic acids is 1. The Kier molecular flexibility index (Phi) is 3.04. The van der Waals surface area contributed by atoms with Crippen molar-refractivity contribution < 1.29 is 14.3 Å². The molecule has 0 saturated carbocycles. The van der Waals surface area contributed by atoms with Crippen molar-refractivity contribution in [2.24, 2.45) is 0 Å². The molecule has 0 radical (unpaired) electrons. The Balaban J connectivity index is 2.58. The van der Waals surface area contributed by atoms with Crippen LogP contribution in [0.4, 0.5) is 10.1 Å². The maximum Gasteiger partial charge on any atom is 0.348 e. The summed E-state index contributed by atoms with van der Waals surface area (Å²) < 4.78 is 13.3. The average molecular weight is 272 g/mol. The van der Waals surface area contributed by atoms with Gasteiger partial charge in [0.25, 0.3) is 0 Å². The number of carboxylic acids is 1. The van der Waals surface area contributed by atoms with E-state index in [2.05, 4.69) is 0 Å². The molecule has 2 aromatic rings. The fourth-order valence-corrected chi connectivity index (χ4v) is 2.63. The van der Waals surface area contributed by atoms with Crippen LogP contribution in [0.5, 0.6) is 0 Å². The predicted molar refractivity (Wildman–Crippen MR) is 66.1 cm³/mol. The minimum Gasteiger partial charge on any atom is -0.477 e. The third-order valence-corrected chi connectivity index (χ3v) is 3.73. The van der Waals surface area contributed by atoms with Gasteiger partial charge in [0.2, 0.25) is 0 Å². The first-order valence-electron chi connectivity index (χ1n) is 4.57. The molecule has 0 atom stereocenters. The third-order valence-electron chi connectivity index (χ3n) is 2.17. The summed E-state index contributed by atoms with van der Waals surface area (Å²) in [4.78, 5) is 11.4. The van der Waals surface area contributed by atoms with Crippen molar-refractivity contribution in [1.82, 2.24) is 0 Å². The quantitative estimate of drug-likeness (QED) is 0.879. The second-order valence-electron chi connectivity index (χ2n) is 3.30. The van der Waals surface area contributed by atoms with Crippen molar-refractivity contribution in [3.63, 3.8) is 0 Å². The number of hydrogen-bond acceptors (Lipinski definition) is 3. The molecule has 3 nitrogen and oxygen atoms in total. The predicted octanol–water partition coefficient (Wildman–Crippen LogP) is 3.49. The maximum atomic E-state index is 13.3. The number of anilines is 1. The van der Waals surface area contributed by atoms with Crippen LogP contribution in [0.25, 0.3) is 10.4 Å².